The van der Waals surface area contributed by atoms with Crippen LogP contribution in [0.5, 0.6) is 0 Å². The molecule has 134 valence electrons. The van der Waals surface area contributed by atoms with Crippen molar-refractivity contribution in [2.45, 2.75) is 63.1 Å². The maximum atomic E-state index is 12.9. The summed E-state index contributed by atoms with van der Waals surface area (Å²) in [6.45, 7) is 0.158. The minimum absolute atomic E-state index is 0.0522. The fraction of sp³-hybridized carbons (Fsp3) is 0.600. The molecule has 1 aromatic carbocycles. The number of anilines is 1. The molecule has 25 heavy (non-hydrogen) atoms. The average Bonchev–Trinajstić information content (AvgIpc) is 2.88. The first-order valence-electron chi connectivity index (χ1n) is 9.52. The number of amides is 2. The lowest BCUT2D eigenvalue weighted by atomic mass is 9.98. The van der Waals surface area contributed by atoms with Gasteiger partial charge in [0.2, 0.25) is 11.8 Å². The number of likely N-dealkylation sites (N-methyl/N-ethyl adjacent to an activating group) is 1. The Morgan fingerprint density at radius 3 is 2.68 bits per heavy atom. The zero-order chi connectivity index (χ0) is 17.4. The quantitative estimate of drug-likeness (QED) is 0.916. The molecule has 2 amide bonds. The number of aryl methyl sites for hydroxylation is 1. The molecule has 3 aliphatic heterocycles. The highest BCUT2D eigenvalue weighted by Crippen LogP contribution is 2.30. The van der Waals surface area contributed by atoms with Crippen LogP contribution in [0.3, 0.4) is 0 Å². The summed E-state index contributed by atoms with van der Waals surface area (Å²) >= 11 is 0. The van der Waals surface area contributed by atoms with Crippen LogP contribution in [0.2, 0.25) is 0 Å². The van der Waals surface area contributed by atoms with E-state index in [-0.39, 0.29) is 18.4 Å². The van der Waals surface area contributed by atoms with Gasteiger partial charge in [-0.3, -0.25) is 9.59 Å². The van der Waals surface area contributed by atoms with Crippen molar-refractivity contribution in [3.05, 3.63) is 29.8 Å². The van der Waals surface area contributed by atoms with Gasteiger partial charge in [-0.1, -0.05) is 18.2 Å². The van der Waals surface area contributed by atoms with E-state index in [1.54, 1.807) is 4.90 Å². The van der Waals surface area contributed by atoms with Crippen LogP contribution in [0.1, 0.15) is 44.1 Å². The van der Waals surface area contributed by atoms with E-state index in [0.29, 0.717) is 24.5 Å². The molecule has 0 radical (unpaired) electrons. The van der Waals surface area contributed by atoms with E-state index in [2.05, 4.69) is 11.4 Å². The second-order valence-electron chi connectivity index (χ2n) is 7.73. The van der Waals surface area contributed by atoms with E-state index >= 15 is 0 Å². The number of nitrogens with one attached hydrogen (secondary N) is 1. The van der Waals surface area contributed by atoms with Gasteiger partial charge in [-0.2, -0.15) is 0 Å². The van der Waals surface area contributed by atoms with Gasteiger partial charge < -0.3 is 15.1 Å². The summed E-state index contributed by atoms with van der Waals surface area (Å²) in [4.78, 5) is 29.1. The third-order valence-corrected chi connectivity index (χ3v) is 6.10. The Morgan fingerprint density at radius 1 is 1.20 bits per heavy atom. The van der Waals surface area contributed by atoms with E-state index in [0.717, 1.165) is 31.4 Å². The van der Waals surface area contributed by atoms with Gasteiger partial charge in [0.15, 0.2) is 0 Å². The van der Waals surface area contributed by atoms with Crippen LogP contribution in [-0.4, -0.2) is 48.4 Å². The predicted molar refractivity (Wildman–Crippen MR) is 97.5 cm³/mol. The lowest BCUT2D eigenvalue weighted by Gasteiger charge is -2.36. The zero-order valence-electron chi connectivity index (χ0n) is 14.9. The van der Waals surface area contributed by atoms with Crippen LogP contribution in [0, 0.1) is 0 Å². The van der Waals surface area contributed by atoms with Crippen molar-refractivity contribution in [2.24, 2.45) is 0 Å². The molecule has 1 N–H and O–H groups in total. The van der Waals surface area contributed by atoms with Crippen molar-refractivity contribution in [2.75, 3.05) is 18.5 Å². The molecule has 3 heterocycles. The summed E-state index contributed by atoms with van der Waals surface area (Å²) in [5, 5.41) is 3.62. The third kappa shape index (κ3) is 3.30. The van der Waals surface area contributed by atoms with Crippen molar-refractivity contribution in [1.29, 1.82) is 0 Å². The topological polar surface area (TPSA) is 52.7 Å². The number of carbonyl (C=O) groups excluding carboxylic acids is 2. The molecule has 2 bridgehead atoms. The Kier molecular flexibility index (Phi) is 4.50. The molecular formula is C20H27N3O2. The second kappa shape index (κ2) is 6.79. The van der Waals surface area contributed by atoms with Crippen LogP contribution in [0.25, 0.3) is 0 Å². The molecule has 2 fully saturated rings. The van der Waals surface area contributed by atoms with E-state index in [1.165, 1.54) is 18.4 Å². The van der Waals surface area contributed by atoms with Gasteiger partial charge in [-0.05, 0) is 50.2 Å². The largest absolute Gasteiger partial charge is 0.341 e. The Hall–Kier alpha value is -1.88. The Bertz CT molecular complexity index is 663. The van der Waals surface area contributed by atoms with Crippen LogP contribution in [-0.2, 0) is 16.0 Å². The van der Waals surface area contributed by atoms with E-state index in [9.17, 15) is 9.59 Å². The number of rotatable bonds is 3. The monoisotopic (exact) mass is 341 g/mol. The Morgan fingerprint density at radius 2 is 1.92 bits per heavy atom. The maximum Gasteiger partial charge on any atom is 0.242 e. The summed E-state index contributed by atoms with van der Waals surface area (Å²) in [5.41, 5.74) is 2.08. The van der Waals surface area contributed by atoms with Gasteiger partial charge in [0.05, 0.1) is 0 Å². The van der Waals surface area contributed by atoms with E-state index in [1.807, 2.05) is 30.1 Å². The minimum atomic E-state index is 0.0522. The summed E-state index contributed by atoms with van der Waals surface area (Å²) in [6.07, 6.45) is 6.78. The van der Waals surface area contributed by atoms with Crippen molar-refractivity contribution in [3.8, 4) is 0 Å². The lowest BCUT2D eigenvalue weighted by molar-refractivity contribution is -0.132. The van der Waals surface area contributed by atoms with Crippen molar-refractivity contribution >= 4 is 17.5 Å². The molecule has 0 spiro atoms. The second-order valence-corrected chi connectivity index (χ2v) is 7.73. The number of hydrogen-bond donors (Lipinski definition) is 1. The van der Waals surface area contributed by atoms with Gasteiger partial charge in [0.1, 0.15) is 6.54 Å². The molecule has 0 aromatic heterocycles. The molecule has 5 heteroatoms. The number of carbonyl (C=O) groups is 2. The molecule has 2 unspecified atom stereocenters. The van der Waals surface area contributed by atoms with Gasteiger partial charge in [0.25, 0.3) is 0 Å². The van der Waals surface area contributed by atoms with Gasteiger partial charge in [-0.15, -0.1) is 0 Å². The summed E-state index contributed by atoms with van der Waals surface area (Å²) in [6, 6.07) is 9.40. The molecule has 2 atom stereocenters. The number of hydrogen-bond acceptors (Lipinski definition) is 3. The van der Waals surface area contributed by atoms with Crippen LogP contribution in [0.4, 0.5) is 5.69 Å². The minimum Gasteiger partial charge on any atom is -0.341 e. The maximum absolute atomic E-state index is 12.9. The summed E-state index contributed by atoms with van der Waals surface area (Å²) in [5.74, 6) is 0.119. The SMILES string of the molecule is CN(C(=O)CN1C(=O)CCCc2ccccc21)C1CC2CCC(C1)N2. The smallest absolute Gasteiger partial charge is 0.242 e. The fourth-order valence-electron chi connectivity index (χ4n) is 4.65. The Labute approximate surface area is 149 Å². The van der Waals surface area contributed by atoms with Gasteiger partial charge >= 0.3 is 0 Å². The fourth-order valence-corrected chi connectivity index (χ4v) is 4.65. The van der Waals surface area contributed by atoms with Crippen LogP contribution in [0.15, 0.2) is 24.3 Å². The first-order valence-corrected chi connectivity index (χ1v) is 9.52. The highest BCUT2D eigenvalue weighted by atomic mass is 16.2. The van der Waals surface area contributed by atoms with Crippen molar-refractivity contribution in [1.82, 2.24) is 10.2 Å². The number of nitrogens with zero attached hydrogens (tertiary/aromatic N) is 2. The van der Waals surface area contributed by atoms with Crippen molar-refractivity contribution in [3.63, 3.8) is 0 Å². The number of benzene rings is 1. The highest BCUT2D eigenvalue weighted by Gasteiger charge is 2.37. The third-order valence-electron chi connectivity index (χ3n) is 6.10. The number of para-hydroxylation sites is 1. The molecule has 0 aliphatic carbocycles. The highest BCUT2D eigenvalue weighted by molar-refractivity contribution is 5.99. The van der Waals surface area contributed by atoms with Gasteiger partial charge in [0, 0.05) is 37.3 Å². The molecule has 4 rings (SSSR count). The van der Waals surface area contributed by atoms with E-state index < -0.39 is 0 Å². The van der Waals surface area contributed by atoms with Crippen LogP contribution < -0.4 is 10.2 Å². The van der Waals surface area contributed by atoms with Crippen LogP contribution >= 0.6 is 0 Å². The number of fused-ring (bicyclic) bond motifs is 3. The standard InChI is InChI=1S/C20H27N3O2/c1-22(17-11-15-9-10-16(12-17)21-15)20(25)13-23-18-7-3-2-5-14(18)6-4-8-19(23)24/h2-3,5,7,15-17,21H,4,6,8-13H2,1H3. The molecule has 3 aliphatic rings. The average molecular weight is 341 g/mol. The molecule has 0 saturated carbocycles. The normalized spacial score (nSPS) is 28.4. The Balaban J connectivity index is 1.48. The van der Waals surface area contributed by atoms with E-state index in [4.69, 9.17) is 0 Å². The van der Waals surface area contributed by atoms with Crippen molar-refractivity contribution < 1.29 is 9.59 Å². The molecular weight excluding hydrogens is 314 g/mol. The lowest BCUT2D eigenvalue weighted by Crippen LogP contribution is -2.51. The van der Waals surface area contributed by atoms with Gasteiger partial charge in [-0.25, -0.2) is 0 Å². The molecule has 2 saturated heterocycles. The predicted octanol–water partition coefficient (Wildman–Crippen LogP) is 2.10. The first-order chi connectivity index (χ1) is 12.1. The number of piperidine rings is 1. The summed E-state index contributed by atoms with van der Waals surface area (Å²) < 4.78 is 0. The summed E-state index contributed by atoms with van der Waals surface area (Å²) in [7, 11) is 1.91. The zero-order valence-corrected chi connectivity index (χ0v) is 14.9. The molecule has 1 aromatic rings. The molecule has 5 nitrogen and oxygen atoms in total. The first kappa shape index (κ1) is 16.6.